The Kier molecular flexibility index (Phi) is 11.5. The Morgan fingerprint density at radius 1 is 1.03 bits per heavy atom. The standard InChI is InChI=1S/C25H46O5Si/c1-12-16-18(5)22(27)19(6)23(28)25(10,11)20(17-21(26)29-24(7,8)9)30-31(13-2,14-3)15-4/h12,17-19,22,27H,1,13-16H2,2-11H3/b20-17-/t18-,19+,22-/m0/s1. The third-order valence-corrected chi connectivity index (χ3v) is 10.7. The van der Waals surface area contributed by atoms with Crippen LogP contribution in [0, 0.1) is 17.3 Å². The van der Waals surface area contributed by atoms with E-state index in [9.17, 15) is 14.7 Å². The molecular formula is C25H46O5Si. The van der Waals surface area contributed by atoms with Crippen molar-refractivity contribution in [3.8, 4) is 0 Å². The highest BCUT2D eigenvalue weighted by Gasteiger charge is 2.43. The molecule has 0 saturated heterocycles. The summed E-state index contributed by atoms with van der Waals surface area (Å²) in [6.07, 6.45) is 2.90. The molecule has 1 N–H and O–H groups in total. The van der Waals surface area contributed by atoms with Gasteiger partial charge in [0, 0.05) is 5.92 Å². The van der Waals surface area contributed by atoms with Crippen molar-refractivity contribution in [1.29, 1.82) is 0 Å². The molecule has 0 unspecified atom stereocenters. The highest BCUT2D eigenvalue weighted by Crippen LogP contribution is 2.38. The molecule has 5 nitrogen and oxygen atoms in total. The number of allylic oxidation sites excluding steroid dienone is 2. The van der Waals surface area contributed by atoms with Crippen molar-refractivity contribution in [2.75, 3.05) is 0 Å². The van der Waals surface area contributed by atoms with Crippen molar-refractivity contribution >= 4 is 20.1 Å². The van der Waals surface area contributed by atoms with Gasteiger partial charge in [-0.1, -0.05) is 40.7 Å². The van der Waals surface area contributed by atoms with E-state index in [0.29, 0.717) is 12.2 Å². The van der Waals surface area contributed by atoms with E-state index in [1.165, 1.54) is 6.08 Å². The van der Waals surface area contributed by atoms with Crippen LogP contribution in [0.4, 0.5) is 0 Å². The second kappa shape index (κ2) is 12.0. The van der Waals surface area contributed by atoms with Crippen molar-refractivity contribution in [3.05, 3.63) is 24.5 Å². The molecule has 0 radical (unpaired) electrons. The van der Waals surface area contributed by atoms with Crippen LogP contribution in [0.25, 0.3) is 0 Å². The van der Waals surface area contributed by atoms with Gasteiger partial charge < -0.3 is 14.3 Å². The van der Waals surface area contributed by atoms with E-state index >= 15 is 0 Å². The van der Waals surface area contributed by atoms with Crippen LogP contribution in [0.5, 0.6) is 0 Å². The van der Waals surface area contributed by atoms with Gasteiger partial charge in [-0.3, -0.25) is 4.79 Å². The number of aliphatic hydroxyl groups is 1. The lowest BCUT2D eigenvalue weighted by Gasteiger charge is -2.38. The number of hydrogen-bond donors (Lipinski definition) is 1. The van der Waals surface area contributed by atoms with Crippen LogP contribution in [0.1, 0.15) is 75.7 Å². The molecule has 0 aromatic heterocycles. The van der Waals surface area contributed by atoms with E-state index in [2.05, 4.69) is 27.4 Å². The Balaban J connectivity index is 6.19. The number of ether oxygens (including phenoxy) is 1. The molecule has 0 spiro atoms. The molecule has 0 saturated carbocycles. The number of rotatable bonds is 13. The summed E-state index contributed by atoms with van der Waals surface area (Å²) in [5.41, 5.74) is -1.73. The lowest BCUT2D eigenvalue weighted by Crippen LogP contribution is -2.44. The van der Waals surface area contributed by atoms with Gasteiger partial charge in [0.25, 0.3) is 0 Å². The number of Topliss-reactive ketones (excluding diaryl/α,β-unsaturated/α-hetero) is 1. The van der Waals surface area contributed by atoms with E-state index in [0.717, 1.165) is 18.1 Å². The first-order valence-corrected chi connectivity index (χ1v) is 14.1. The smallest absolute Gasteiger partial charge is 0.334 e. The average molecular weight is 455 g/mol. The van der Waals surface area contributed by atoms with E-state index in [1.54, 1.807) is 47.6 Å². The topological polar surface area (TPSA) is 72.8 Å². The zero-order valence-corrected chi connectivity index (χ0v) is 22.5. The highest BCUT2D eigenvalue weighted by atomic mass is 28.4. The maximum atomic E-state index is 13.5. The Bertz CT molecular complexity index is 633. The molecule has 0 heterocycles. The molecule has 0 amide bonds. The Morgan fingerprint density at radius 3 is 1.90 bits per heavy atom. The monoisotopic (exact) mass is 454 g/mol. The van der Waals surface area contributed by atoms with Crippen molar-refractivity contribution in [3.63, 3.8) is 0 Å². The lowest BCUT2D eigenvalue weighted by atomic mass is 9.75. The number of aliphatic hydroxyl groups excluding tert-OH is 1. The molecule has 0 fully saturated rings. The van der Waals surface area contributed by atoms with Crippen LogP contribution in [0.15, 0.2) is 24.5 Å². The summed E-state index contributed by atoms with van der Waals surface area (Å²) < 4.78 is 12.1. The number of carbonyl (C=O) groups excluding carboxylic acids is 2. The van der Waals surface area contributed by atoms with Crippen molar-refractivity contribution in [1.82, 2.24) is 0 Å². The van der Waals surface area contributed by atoms with Gasteiger partial charge in [-0.25, -0.2) is 4.79 Å². The Labute approximate surface area is 191 Å². The molecule has 180 valence electrons. The second-order valence-corrected chi connectivity index (χ2v) is 14.8. The maximum absolute atomic E-state index is 13.5. The second-order valence-electron chi connectivity index (χ2n) is 10.2. The average Bonchev–Trinajstić information content (AvgIpc) is 2.68. The van der Waals surface area contributed by atoms with Gasteiger partial charge in [0.2, 0.25) is 8.32 Å². The fourth-order valence-electron chi connectivity index (χ4n) is 3.72. The van der Waals surface area contributed by atoms with Crippen LogP contribution in [-0.2, 0) is 18.8 Å². The lowest BCUT2D eigenvalue weighted by molar-refractivity contribution is -0.148. The van der Waals surface area contributed by atoms with Crippen LogP contribution < -0.4 is 0 Å². The quantitative estimate of drug-likeness (QED) is 0.121. The van der Waals surface area contributed by atoms with Gasteiger partial charge in [-0.15, -0.1) is 6.58 Å². The van der Waals surface area contributed by atoms with Crippen LogP contribution in [0.3, 0.4) is 0 Å². The Hall–Kier alpha value is -1.40. The number of carbonyl (C=O) groups is 2. The summed E-state index contributed by atoms with van der Waals surface area (Å²) in [4.78, 5) is 26.2. The number of hydrogen-bond acceptors (Lipinski definition) is 5. The van der Waals surface area contributed by atoms with Gasteiger partial charge in [0.15, 0.2) is 5.78 Å². The first-order valence-electron chi connectivity index (χ1n) is 11.6. The molecular weight excluding hydrogens is 408 g/mol. The summed E-state index contributed by atoms with van der Waals surface area (Å²) >= 11 is 0. The summed E-state index contributed by atoms with van der Waals surface area (Å²) in [5, 5.41) is 10.7. The van der Waals surface area contributed by atoms with E-state index in [4.69, 9.17) is 9.16 Å². The minimum Gasteiger partial charge on any atom is -0.545 e. The molecule has 0 aromatic rings. The largest absolute Gasteiger partial charge is 0.545 e. The van der Waals surface area contributed by atoms with E-state index < -0.39 is 37.3 Å². The van der Waals surface area contributed by atoms with Gasteiger partial charge >= 0.3 is 5.97 Å². The first-order chi connectivity index (χ1) is 14.1. The molecule has 0 aliphatic carbocycles. The molecule has 31 heavy (non-hydrogen) atoms. The molecule has 0 aromatic carbocycles. The maximum Gasteiger partial charge on any atom is 0.334 e. The zero-order chi connectivity index (χ0) is 24.6. The number of esters is 1. The number of ketones is 1. The van der Waals surface area contributed by atoms with Crippen molar-refractivity contribution < 1.29 is 23.9 Å². The van der Waals surface area contributed by atoms with Crippen LogP contribution in [0.2, 0.25) is 18.1 Å². The summed E-state index contributed by atoms with van der Waals surface area (Å²) in [7, 11) is -2.16. The molecule has 0 aliphatic rings. The molecule has 0 rings (SSSR count). The predicted octanol–water partition coefficient (Wildman–Crippen LogP) is 6.04. The Morgan fingerprint density at radius 2 is 1.52 bits per heavy atom. The van der Waals surface area contributed by atoms with Gasteiger partial charge in [0.05, 0.1) is 23.4 Å². The van der Waals surface area contributed by atoms with Gasteiger partial charge in [0.1, 0.15) is 5.60 Å². The molecule has 0 aliphatic heterocycles. The molecule has 0 bridgehead atoms. The van der Waals surface area contributed by atoms with Gasteiger partial charge in [-0.2, -0.15) is 0 Å². The molecule has 3 atom stereocenters. The normalized spacial score (nSPS) is 16.3. The SMILES string of the molecule is C=CC[C@H](C)[C@H](O)[C@@H](C)C(=O)C(C)(C)/C(=C/C(=O)OC(C)(C)C)O[Si](CC)(CC)CC. The minimum atomic E-state index is -2.16. The van der Waals surface area contributed by atoms with Crippen LogP contribution in [-0.4, -0.2) is 36.9 Å². The minimum absolute atomic E-state index is 0.0955. The summed E-state index contributed by atoms with van der Waals surface area (Å²) in [5.74, 6) is -1.04. The van der Waals surface area contributed by atoms with E-state index in [1.807, 2.05) is 6.92 Å². The fraction of sp³-hybridized carbons (Fsp3) is 0.760. The highest BCUT2D eigenvalue weighted by molar-refractivity contribution is 6.73. The summed E-state index contributed by atoms with van der Waals surface area (Å²) in [6, 6.07) is 2.64. The van der Waals surface area contributed by atoms with Crippen LogP contribution >= 0.6 is 0 Å². The van der Waals surface area contributed by atoms with Crippen molar-refractivity contribution in [2.24, 2.45) is 17.3 Å². The van der Waals surface area contributed by atoms with E-state index in [-0.39, 0.29) is 11.7 Å². The summed E-state index contributed by atoms with van der Waals surface area (Å²) in [6.45, 7) is 22.6. The predicted molar refractivity (Wildman–Crippen MR) is 130 cm³/mol. The molecule has 6 heteroatoms. The third-order valence-electron chi connectivity index (χ3n) is 6.19. The zero-order valence-electron chi connectivity index (χ0n) is 21.5. The van der Waals surface area contributed by atoms with Crippen molar-refractivity contribution in [2.45, 2.75) is 105 Å². The first kappa shape index (κ1) is 29.6. The fourth-order valence-corrected chi connectivity index (χ4v) is 6.43. The third kappa shape index (κ3) is 8.57. The van der Waals surface area contributed by atoms with Gasteiger partial charge in [-0.05, 0) is 65.1 Å².